The topological polar surface area (TPSA) is 57.7 Å². The molecule has 1 atom stereocenters. The van der Waals surface area contributed by atoms with Crippen LogP contribution in [0.3, 0.4) is 0 Å². The van der Waals surface area contributed by atoms with Crippen LogP contribution < -0.4 is 0 Å². The van der Waals surface area contributed by atoms with Gasteiger partial charge in [0.2, 0.25) is 0 Å². The Bertz CT molecular complexity index is 798. The monoisotopic (exact) mass is 327 g/mol. The molecule has 5 nitrogen and oxygen atoms in total. The lowest BCUT2D eigenvalue weighted by molar-refractivity contribution is 0.196. The molecule has 3 aromatic heterocycles. The third-order valence-corrected chi connectivity index (χ3v) is 4.64. The van der Waals surface area contributed by atoms with Crippen LogP contribution in [0.5, 0.6) is 0 Å². The van der Waals surface area contributed by atoms with Gasteiger partial charge in [0, 0.05) is 36.3 Å². The van der Waals surface area contributed by atoms with Crippen molar-refractivity contribution in [3.63, 3.8) is 0 Å². The van der Waals surface area contributed by atoms with Crippen molar-refractivity contribution >= 4 is 22.6 Å². The summed E-state index contributed by atoms with van der Waals surface area (Å²) in [4.78, 5) is 11.6. The van der Waals surface area contributed by atoms with E-state index in [9.17, 15) is 0 Å². The Morgan fingerprint density at radius 1 is 1.22 bits per heavy atom. The van der Waals surface area contributed by atoms with Crippen molar-refractivity contribution in [1.82, 2.24) is 25.1 Å². The van der Waals surface area contributed by atoms with E-state index in [2.05, 4.69) is 32.2 Å². The van der Waals surface area contributed by atoms with Crippen molar-refractivity contribution in [2.24, 2.45) is 0 Å². The van der Waals surface area contributed by atoms with Crippen molar-refractivity contribution < 1.29 is 0 Å². The Labute approximate surface area is 139 Å². The molecule has 1 aliphatic heterocycles. The number of likely N-dealkylation sites (tertiary alicyclic amines) is 1. The van der Waals surface area contributed by atoms with Crippen LogP contribution in [0, 0.1) is 0 Å². The molecule has 1 N–H and O–H groups in total. The number of fused-ring (bicyclic) bond motifs is 1. The van der Waals surface area contributed by atoms with E-state index in [1.807, 2.05) is 18.3 Å². The Morgan fingerprint density at radius 2 is 2.17 bits per heavy atom. The number of nitrogens with one attached hydrogen (secondary N) is 1. The van der Waals surface area contributed by atoms with E-state index in [0.717, 1.165) is 42.1 Å². The highest BCUT2D eigenvalue weighted by Crippen LogP contribution is 2.27. The molecule has 23 heavy (non-hydrogen) atoms. The fourth-order valence-electron chi connectivity index (χ4n) is 3.24. The van der Waals surface area contributed by atoms with Gasteiger partial charge in [0.05, 0.1) is 16.9 Å². The molecule has 0 bridgehead atoms. The minimum Gasteiger partial charge on any atom is -0.297 e. The number of halogens is 1. The Balaban J connectivity index is 1.48. The molecule has 0 radical (unpaired) electrons. The van der Waals surface area contributed by atoms with E-state index in [4.69, 9.17) is 16.6 Å². The van der Waals surface area contributed by atoms with Gasteiger partial charge in [-0.2, -0.15) is 5.10 Å². The highest BCUT2D eigenvalue weighted by atomic mass is 35.5. The highest BCUT2D eigenvalue weighted by molar-refractivity contribution is 6.30. The molecule has 0 spiro atoms. The fourth-order valence-corrected chi connectivity index (χ4v) is 3.35. The zero-order chi connectivity index (χ0) is 15.6. The number of hydrogen-bond acceptors (Lipinski definition) is 4. The summed E-state index contributed by atoms with van der Waals surface area (Å²) in [6.45, 7) is 2.98. The zero-order valence-electron chi connectivity index (χ0n) is 12.7. The molecule has 4 rings (SSSR count). The van der Waals surface area contributed by atoms with Crippen molar-refractivity contribution in [3.05, 3.63) is 53.1 Å². The van der Waals surface area contributed by atoms with Crippen molar-refractivity contribution in [2.75, 3.05) is 13.1 Å². The van der Waals surface area contributed by atoms with Crippen LogP contribution in [-0.4, -0.2) is 38.2 Å². The van der Waals surface area contributed by atoms with Gasteiger partial charge in [-0.05, 0) is 43.7 Å². The Hall–Kier alpha value is -1.98. The van der Waals surface area contributed by atoms with Crippen LogP contribution in [0.4, 0.5) is 0 Å². The van der Waals surface area contributed by atoms with Gasteiger partial charge in [-0.15, -0.1) is 0 Å². The maximum absolute atomic E-state index is 5.90. The van der Waals surface area contributed by atoms with Gasteiger partial charge in [-0.3, -0.25) is 15.0 Å². The smallest absolute Gasteiger partial charge is 0.155 e. The first-order valence-electron chi connectivity index (χ1n) is 7.91. The quantitative estimate of drug-likeness (QED) is 0.801. The van der Waals surface area contributed by atoms with Gasteiger partial charge in [0.15, 0.2) is 5.65 Å². The lowest BCUT2D eigenvalue weighted by Gasteiger charge is -2.32. The second-order valence-corrected chi connectivity index (χ2v) is 6.52. The van der Waals surface area contributed by atoms with Gasteiger partial charge >= 0.3 is 0 Å². The number of hydrogen-bond donors (Lipinski definition) is 1. The summed E-state index contributed by atoms with van der Waals surface area (Å²) in [7, 11) is 0. The zero-order valence-corrected chi connectivity index (χ0v) is 13.5. The first-order valence-corrected chi connectivity index (χ1v) is 8.28. The maximum atomic E-state index is 5.90. The molecular weight excluding hydrogens is 310 g/mol. The molecule has 0 amide bonds. The van der Waals surface area contributed by atoms with Crippen molar-refractivity contribution in [1.29, 1.82) is 0 Å². The molecule has 3 aromatic rings. The van der Waals surface area contributed by atoms with Gasteiger partial charge < -0.3 is 0 Å². The van der Waals surface area contributed by atoms with E-state index in [1.165, 1.54) is 12.8 Å². The molecule has 1 unspecified atom stereocenters. The summed E-state index contributed by atoms with van der Waals surface area (Å²) in [5, 5.41) is 8.75. The van der Waals surface area contributed by atoms with E-state index in [1.54, 1.807) is 6.20 Å². The largest absolute Gasteiger partial charge is 0.297 e. The van der Waals surface area contributed by atoms with Gasteiger partial charge in [-0.1, -0.05) is 11.6 Å². The minimum absolute atomic E-state index is 0.462. The Kier molecular flexibility index (Phi) is 3.97. The lowest BCUT2D eigenvalue weighted by Crippen LogP contribution is -2.34. The molecule has 6 heteroatoms. The van der Waals surface area contributed by atoms with Crippen LogP contribution in [0.2, 0.25) is 5.02 Å². The summed E-state index contributed by atoms with van der Waals surface area (Å²) in [5.74, 6) is 0.462. The first-order chi connectivity index (χ1) is 11.3. The number of rotatable bonds is 3. The van der Waals surface area contributed by atoms with E-state index in [-0.39, 0.29) is 0 Å². The predicted octanol–water partition coefficient (Wildman–Crippen LogP) is 3.39. The number of nitrogens with zero attached hydrogens (tertiary/aromatic N) is 4. The number of H-pyrrole nitrogens is 1. The fraction of sp³-hybridized carbons (Fsp3) is 0.353. The van der Waals surface area contributed by atoms with E-state index < -0.39 is 0 Å². The van der Waals surface area contributed by atoms with Crippen LogP contribution in [0.15, 0.2) is 36.7 Å². The molecule has 0 aromatic carbocycles. The molecule has 4 heterocycles. The molecular formula is C17H18ClN5. The normalized spacial score (nSPS) is 19.3. The van der Waals surface area contributed by atoms with Crippen LogP contribution in [0.25, 0.3) is 11.0 Å². The molecule has 0 aliphatic carbocycles. The minimum atomic E-state index is 0.462. The number of pyridine rings is 2. The van der Waals surface area contributed by atoms with Crippen LogP contribution in [-0.2, 0) is 6.54 Å². The van der Waals surface area contributed by atoms with Gasteiger partial charge in [0.1, 0.15) is 0 Å². The van der Waals surface area contributed by atoms with Crippen molar-refractivity contribution in [2.45, 2.75) is 25.3 Å². The molecule has 118 valence electrons. The standard InChI is InChI=1S/C17H18ClN5/c18-14-4-5-15(19-9-14)11-23-7-1-2-13(10-23)16-6-3-12-8-20-22-17(12)21-16/h3-6,8-9,13H,1-2,7,10-11H2,(H,20,21,22). The number of aromatic nitrogens is 4. The maximum Gasteiger partial charge on any atom is 0.155 e. The van der Waals surface area contributed by atoms with E-state index >= 15 is 0 Å². The average Bonchev–Trinajstić information content (AvgIpc) is 3.05. The van der Waals surface area contributed by atoms with Crippen LogP contribution >= 0.6 is 11.6 Å². The summed E-state index contributed by atoms with van der Waals surface area (Å²) < 4.78 is 0. The molecule has 1 saturated heterocycles. The van der Waals surface area contributed by atoms with Gasteiger partial charge in [-0.25, -0.2) is 4.98 Å². The van der Waals surface area contributed by atoms with Gasteiger partial charge in [0.25, 0.3) is 0 Å². The van der Waals surface area contributed by atoms with Crippen molar-refractivity contribution in [3.8, 4) is 0 Å². The Morgan fingerprint density at radius 3 is 3.04 bits per heavy atom. The summed E-state index contributed by atoms with van der Waals surface area (Å²) in [6, 6.07) is 8.13. The number of piperidine rings is 1. The first kappa shape index (κ1) is 14.6. The second-order valence-electron chi connectivity index (χ2n) is 6.09. The summed E-state index contributed by atoms with van der Waals surface area (Å²) >= 11 is 5.90. The summed E-state index contributed by atoms with van der Waals surface area (Å²) in [5.41, 5.74) is 3.08. The number of aromatic amines is 1. The third-order valence-electron chi connectivity index (χ3n) is 4.42. The molecule has 1 fully saturated rings. The van der Waals surface area contributed by atoms with E-state index in [0.29, 0.717) is 10.9 Å². The average molecular weight is 328 g/mol. The highest BCUT2D eigenvalue weighted by Gasteiger charge is 2.23. The van der Waals surface area contributed by atoms with Crippen LogP contribution in [0.1, 0.15) is 30.1 Å². The second kappa shape index (κ2) is 6.26. The predicted molar refractivity (Wildman–Crippen MR) is 90.4 cm³/mol. The lowest BCUT2D eigenvalue weighted by atomic mass is 9.94. The third kappa shape index (κ3) is 3.21. The molecule has 0 saturated carbocycles. The molecule has 1 aliphatic rings. The summed E-state index contributed by atoms with van der Waals surface area (Å²) in [6.07, 6.45) is 5.88. The SMILES string of the molecule is Clc1ccc(CN2CCCC(c3ccc4cn[nH]c4n3)C2)nc1.